The highest BCUT2D eigenvalue weighted by Crippen LogP contribution is 2.43. The molecule has 3 aromatic carbocycles. The van der Waals surface area contributed by atoms with Crippen LogP contribution in [-0.4, -0.2) is 53.2 Å². The number of ether oxygens (including phenoxy) is 1. The molecule has 6 rings (SSSR count). The minimum atomic E-state index is 0.0137. The van der Waals surface area contributed by atoms with Crippen LogP contribution in [0.25, 0.3) is 43.6 Å². The lowest BCUT2D eigenvalue weighted by molar-refractivity contribution is 0.0564. The Bertz CT molecular complexity index is 1560. The second kappa shape index (κ2) is 8.15. The molecule has 0 bridgehead atoms. The third-order valence-electron chi connectivity index (χ3n) is 7.50. The average Bonchev–Trinajstić information content (AvgIpc) is 3.53. The first-order valence-electron chi connectivity index (χ1n) is 12.2. The van der Waals surface area contributed by atoms with E-state index in [9.17, 15) is 4.79 Å². The van der Waals surface area contributed by atoms with Crippen molar-refractivity contribution >= 4 is 49.5 Å². The van der Waals surface area contributed by atoms with Crippen molar-refractivity contribution in [3.8, 4) is 0 Å². The number of nitrogens with one attached hydrogen (secondary N) is 2. The summed E-state index contributed by atoms with van der Waals surface area (Å²) in [7, 11) is 1.81. The van der Waals surface area contributed by atoms with Crippen LogP contribution in [0.3, 0.4) is 0 Å². The first-order valence-corrected chi connectivity index (χ1v) is 12.2. The Kier molecular flexibility index (Phi) is 5.08. The van der Waals surface area contributed by atoms with Gasteiger partial charge in [0, 0.05) is 52.8 Å². The Morgan fingerprint density at radius 1 is 1.03 bits per heavy atom. The van der Waals surface area contributed by atoms with Gasteiger partial charge in [-0.2, -0.15) is 0 Å². The largest absolute Gasteiger partial charge is 0.378 e. The molecular weight excluding hydrogens is 424 g/mol. The quantitative estimate of drug-likeness (QED) is 0.363. The van der Waals surface area contributed by atoms with Gasteiger partial charge in [0.2, 0.25) is 0 Å². The second-order valence-corrected chi connectivity index (χ2v) is 9.15. The summed E-state index contributed by atoms with van der Waals surface area (Å²) in [6, 6.07) is 16.8. The van der Waals surface area contributed by atoms with Crippen molar-refractivity contribution in [2.75, 3.05) is 26.7 Å². The summed E-state index contributed by atoms with van der Waals surface area (Å²) < 4.78 is 8.40. The molecule has 0 spiro atoms. The fourth-order valence-corrected chi connectivity index (χ4v) is 5.78. The molecule has 3 heterocycles. The monoisotopic (exact) mass is 454 g/mol. The maximum absolute atomic E-state index is 13.1. The number of benzene rings is 3. The minimum absolute atomic E-state index is 0.0137. The molecule has 0 saturated carbocycles. The Hall–Kier alpha value is -3.35. The number of H-pyrrole nitrogens is 1. The van der Waals surface area contributed by atoms with E-state index in [-0.39, 0.29) is 12.0 Å². The van der Waals surface area contributed by atoms with Crippen LogP contribution < -0.4 is 5.32 Å². The Labute approximate surface area is 198 Å². The van der Waals surface area contributed by atoms with E-state index in [4.69, 9.17) is 4.74 Å². The number of fused-ring (bicyclic) bond motifs is 10. The summed E-state index contributed by atoms with van der Waals surface area (Å²) in [5.41, 5.74) is 6.33. The standard InChI is InChI=1S/C28H30N4O2/c1-4-31(5-2)15-17(34-3)16-32-22-13-9-7-11-19(22)23-20-14-29-28(33)25(20)24-18-10-6-8-12-21(18)30-26(24)27(23)32/h6-13,17,30H,4-5,14-16H2,1-3H3,(H,29,33). The minimum Gasteiger partial charge on any atom is -0.378 e. The van der Waals surface area contributed by atoms with Crippen LogP contribution in [0.1, 0.15) is 29.8 Å². The number of aromatic nitrogens is 2. The average molecular weight is 455 g/mol. The molecular formula is C28H30N4O2. The molecule has 0 saturated heterocycles. The number of methoxy groups -OCH3 is 1. The first kappa shape index (κ1) is 21.2. The molecule has 1 atom stereocenters. The van der Waals surface area contributed by atoms with Gasteiger partial charge in [0.15, 0.2) is 0 Å². The van der Waals surface area contributed by atoms with Crippen LogP contribution in [-0.2, 0) is 17.8 Å². The van der Waals surface area contributed by atoms with Crippen molar-refractivity contribution in [3.05, 3.63) is 59.7 Å². The van der Waals surface area contributed by atoms with Gasteiger partial charge in [-0.1, -0.05) is 50.2 Å². The normalized spacial score (nSPS) is 14.6. The Morgan fingerprint density at radius 3 is 2.53 bits per heavy atom. The van der Waals surface area contributed by atoms with E-state index in [0.717, 1.165) is 64.6 Å². The van der Waals surface area contributed by atoms with Crippen LogP contribution in [0.5, 0.6) is 0 Å². The van der Waals surface area contributed by atoms with Crippen molar-refractivity contribution in [1.29, 1.82) is 0 Å². The van der Waals surface area contributed by atoms with Gasteiger partial charge in [0.25, 0.3) is 5.91 Å². The maximum Gasteiger partial charge on any atom is 0.252 e. The van der Waals surface area contributed by atoms with Crippen molar-refractivity contribution in [3.63, 3.8) is 0 Å². The first-order chi connectivity index (χ1) is 16.7. The number of hydrogen-bond acceptors (Lipinski definition) is 3. The van der Waals surface area contributed by atoms with E-state index in [1.54, 1.807) is 7.11 Å². The summed E-state index contributed by atoms with van der Waals surface area (Å²) in [4.78, 5) is 19.1. The van der Waals surface area contributed by atoms with Gasteiger partial charge in [-0.05, 0) is 30.8 Å². The number of carbonyl (C=O) groups excluding carboxylic acids is 1. The maximum atomic E-state index is 13.1. The number of nitrogens with zero attached hydrogens (tertiary/aromatic N) is 2. The van der Waals surface area contributed by atoms with E-state index in [1.807, 2.05) is 12.1 Å². The van der Waals surface area contributed by atoms with Gasteiger partial charge >= 0.3 is 0 Å². The van der Waals surface area contributed by atoms with Gasteiger partial charge in [-0.15, -0.1) is 0 Å². The lowest BCUT2D eigenvalue weighted by Crippen LogP contribution is -2.35. The molecule has 0 radical (unpaired) electrons. The molecule has 5 aromatic rings. The molecule has 0 aliphatic carbocycles. The Balaban J connectivity index is 1.71. The van der Waals surface area contributed by atoms with Crippen LogP contribution in [0.15, 0.2) is 48.5 Å². The summed E-state index contributed by atoms with van der Waals surface area (Å²) >= 11 is 0. The molecule has 6 heteroatoms. The molecule has 1 aliphatic heterocycles. The summed E-state index contributed by atoms with van der Waals surface area (Å²) in [6.45, 7) is 8.55. The number of likely N-dealkylation sites (N-methyl/N-ethyl adjacent to an activating group) is 1. The predicted octanol–water partition coefficient (Wildman–Crippen LogP) is 5.03. The molecule has 174 valence electrons. The van der Waals surface area contributed by atoms with Crippen molar-refractivity contribution in [2.24, 2.45) is 0 Å². The molecule has 1 unspecified atom stereocenters. The van der Waals surface area contributed by atoms with Gasteiger partial charge < -0.3 is 24.5 Å². The number of aromatic amines is 1. The van der Waals surface area contributed by atoms with Gasteiger partial charge in [-0.25, -0.2) is 0 Å². The molecule has 1 amide bonds. The molecule has 34 heavy (non-hydrogen) atoms. The van der Waals surface area contributed by atoms with E-state index in [0.29, 0.717) is 6.54 Å². The third-order valence-corrected chi connectivity index (χ3v) is 7.50. The van der Waals surface area contributed by atoms with Gasteiger partial charge in [0.05, 0.1) is 29.2 Å². The molecule has 2 aromatic heterocycles. The Morgan fingerprint density at radius 2 is 1.76 bits per heavy atom. The lowest BCUT2D eigenvalue weighted by Gasteiger charge is -2.25. The zero-order chi connectivity index (χ0) is 23.4. The topological polar surface area (TPSA) is 62.3 Å². The molecule has 1 aliphatic rings. The van der Waals surface area contributed by atoms with Gasteiger partial charge in [0.1, 0.15) is 0 Å². The number of para-hydroxylation sites is 2. The van der Waals surface area contributed by atoms with E-state index in [2.05, 4.69) is 70.0 Å². The molecule has 6 nitrogen and oxygen atoms in total. The van der Waals surface area contributed by atoms with Crippen molar-refractivity contribution in [1.82, 2.24) is 19.8 Å². The second-order valence-electron chi connectivity index (χ2n) is 9.15. The zero-order valence-electron chi connectivity index (χ0n) is 19.9. The van der Waals surface area contributed by atoms with Crippen LogP contribution in [0, 0.1) is 0 Å². The number of rotatable bonds is 7. The zero-order valence-corrected chi connectivity index (χ0v) is 19.9. The van der Waals surface area contributed by atoms with Crippen LogP contribution in [0.4, 0.5) is 0 Å². The summed E-state index contributed by atoms with van der Waals surface area (Å²) in [5.74, 6) is 0.0137. The van der Waals surface area contributed by atoms with E-state index >= 15 is 0 Å². The third kappa shape index (κ3) is 2.99. The lowest BCUT2D eigenvalue weighted by atomic mass is 9.97. The fourth-order valence-electron chi connectivity index (χ4n) is 5.78. The highest BCUT2D eigenvalue weighted by molar-refractivity contribution is 6.30. The summed E-state index contributed by atoms with van der Waals surface area (Å²) in [6.07, 6.45) is 0.0475. The SMILES string of the molecule is CCN(CC)CC(Cn1c2ccccc2c2c3c(c4c5ccccc5[nH]c4c21)C(=O)NC3)OC. The molecule has 2 N–H and O–H groups in total. The van der Waals surface area contributed by atoms with Gasteiger partial charge in [-0.3, -0.25) is 4.79 Å². The number of amides is 1. The highest BCUT2D eigenvalue weighted by Gasteiger charge is 2.31. The van der Waals surface area contributed by atoms with Crippen molar-refractivity contribution < 1.29 is 9.53 Å². The predicted molar refractivity (Wildman–Crippen MR) is 139 cm³/mol. The number of hydrogen-bond donors (Lipinski definition) is 2. The highest BCUT2D eigenvalue weighted by atomic mass is 16.5. The summed E-state index contributed by atoms with van der Waals surface area (Å²) in [5, 5.41) is 7.57. The van der Waals surface area contributed by atoms with E-state index < -0.39 is 0 Å². The smallest absolute Gasteiger partial charge is 0.252 e. The number of carbonyl (C=O) groups is 1. The van der Waals surface area contributed by atoms with Crippen LogP contribution >= 0.6 is 0 Å². The van der Waals surface area contributed by atoms with Crippen molar-refractivity contribution in [2.45, 2.75) is 33.0 Å². The fraction of sp³-hybridized carbons (Fsp3) is 0.321. The van der Waals surface area contributed by atoms with Crippen LogP contribution in [0.2, 0.25) is 0 Å². The molecule has 0 fully saturated rings. The van der Waals surface area contributed by atoms with E-state index in [1.165, 1.54) is 16.3 Å².